The summed E-state index contributed by atoms with van der Waals surface area (Å²) in [6.45, 7) is 6.34. The second-order valence-electron chi connectivity index (χ2n) is 7.40. The van der Waals surface area contributed by atoms with Gasteiger partial charge in [0.05, 0.1) is 6.20 Å². The lowest BCUT2D eigenvalue weighted by atomic mass is 9.73. The molecule has 0 spiro atoms. The molecule has 0 amide bonds. The molecule has 132 valence electrons. The zero-order chi connectivity index (χ0) is 17.8. The van der Waals surface area contributed by atoms with Crippen LogP contribution in [0.15, 0.2) is 28.8 Å². The Kier molecular flexibility index (Phi) is 3.75. The Balaban J connectivity index is 1.87. The first-order chi connectivity index (χ1) is 11.9. The van der Waals surface area contributed by atoms with E-state index in [4.69, 9.17) is 0 Å². The maximum Gasteiger partial charge on any atom is 0.227 e. The third-order valence-electron chi connectivity index (χ3n) is 4.63. The van der Waals surface area contributed by atoms with Crippen molar-refractivity contribution in [3.8, 4) is 0 Å². The molecular weight excluding hydrogens is 336 g/mol. The third kappa shape index (κ3) is 2.78. The molecule has 2 aromatic heterocycles. The van der Waals surface area contributed by atoms with Crippen LogP contribution in [0.2, 0.25) is 0 Å². The van der Waals surface area contributed by atoms with E-state index in [1.165, 1.54) is 0 Å². The summed E-state index contributed by atoms with van der Waals surface area (Å²) in [4.78, 5) is 17.6. The fraction of sp³-hybridized carbons (Fsp3) is 0.529. The number of ketones is 1. The van der Waals surface area contributed by atoms with Crippen molar-refractivity contribution >= 4 is 23.5 Å². The van der Waals surface area contributed by atoms with Crippen molar-refractivity contribution in [1.82, 2.24) is 24.5 Å². The van der Waals surface area contributed by atoms with Gasteiger partial charge in [-0.1, -0.05) is 32.5 Å². The summed E-state index contributed by atoms with van der Waals surface area (Å²) in [5, 5.41) is 13.1. The fourth-order valence-electron chi connectivity index (χ4n) is 3.67. The zero-order valence-corrected chi connectivity index (χ0v) is 15.7. The number of thioether (sulfide) groups is 1. The molecule has 0 aromatic carbocycles. The predicted molar refractivity (Wildman–Crippen MR) is 96.4 cm³/mol. The molecule has 0 radical (unpaired) electrons. The lowest BCUT2D eigenvalue weighted by molar-refractivity contribution is -0.118. The summed E-state index contributed by atoms with van der Waals surface area (Å²) < 4.78 is 3.59. The van der Waals surface area contributed by atoms with Crippen molar-refractivity contribution in [2.75, 3.05) is 11.1 Å². The van der Waals surface area contributed by atoms with Crippen LogP contribution in [-0.4, -0.2) is 36.1 Å². The molecule has 1 N–H and O–H groups in total. The fourth-order valence-corrected chi connectivity index (χ4v) is 4.22. The van der Waals surface area contributed by atoms with E-state index in [1.54, 1.807) is 16.4 Å². The maximum absolute atomic E-state index is 13.0. The molecule has 25 heavy (non-hydrogen) atoms. The number of nitrogens with one attached hydrogen (secondary N) is 1. The smallest absolute Gasteiger partial charge is 0.227 e. The summed E-state index contributed by atoms with van der Waals surface area (Å²) in [7, 11) is 1.88. The van der Waals surface area contributed by atoms with Crippen molar-refractivity contribution < 1.29 is 4.79 Å². The van der Waals surface area contributed by atoms with Gasteiger partial charge in [-0.25, -0.2) is 4.68 Å². The zero-order valence-electron chi connectivity index (χ0n) is 14.9. The first kappa shape index (κ1) is 16.4. The Labute approximate surface area is 150 Å². The number of aryl methyl sites for hydroxylation is 1. The van der Waals surface area contributed by atoms with Gasteiger partial charge in [-0.15, -0.1) is 5.10 Å². The summed E-state index contributed by atoms with van der Waals surface area (Å²) >= 11 is 1.60. The molecule has 0 fully saturated rings. The lowest BCUT2D eigenvalue weighted by Crippen LogP contribution is -2.36. The minimum atomic E-state index is -0.262. The van der Waals surface area contributed by atoms with Crippen molar-refractivity contribution in [3.05, 3.63) is 29.2 Å². The number of nitrogens with zero attached hydrogens (tertiary/aromatic N) is 5. The van der Waals surface area contributed by atoms with Gasteiger partial charge in [-0.3, -0.25) is 9.48 Å². The van der Waals surface area contributed by atoms with Gasteiger partial charge in [-0.05, 0) is 17.6 Å². The number of allylic oxidation sites excluding steroid dienone is 2. The second kappa shape index (κ2) is 5.72. The van der Waals surface area contributed by atoms with Gasteiger partial charge < -0.3 is 5.32 Å². The Hall–Kier alpha value is -2.09. The van der Waals surface area contributed by atoms with Crippen molar-refractivity contribution in [3.63, 3.8) is 0 Å². The van der Waals surface area contributed by atoms with Crippen LogP contribution in [-0.2, 0) is 11.8 Å². The Morgan fingerprint density at radius 2 is 2.20 bits per heavy atom. The van der Waals surface area contributed by atoms with Crippen molar-refractivity contribution in [2.24, 2.45) is 12.5 Å². The van der Waals surface area contributed by atoms with E-state index in [0.717, 1.165) is 34.2 Å². The summed E-state index contributed by atoms with van der Waals surface area (Å²) in [6.07, 6.45) is 5.14. The van der Waals surface area contributed by atoms with E-state index in [1.807, 2.05) is 24.1 Å². The molecule has 7 nitrogen and oxygen atoms in total. The van der Waals surface area contributed by atoms with Crippen LogP contribution in [0, 0.1) is 5.41 Å². The average molecular weight is 358 g/mol. The molecule has 4 rings (SSSR count). The normalized spacial score (nSPS) is 21.8. The summed E-state index contributed by atoms with van der Waals surface area (Å²) in [5.41, 5.74) is 2.69. The topological polar surface area (TPSA) is 77.6 Å². The predicted octanol–water partition coefficient (Wildman–Crippen LogP) is 2.78. The molecule has 1 aliphatic carbocycles. The van der Waals surface area contributed by atoms with E-state index in [9.17, 15) is 4.79 Å². The molecule has 1 unspecified atom stereocenters. The molecule has 1 aliphatic heterocycles. The molecule has 2 aromatic rings. The minimum Gasteiger partial charge on any atom is -0.328 e. The number of aromatic nitrogens is 5. The Bertz CT molecular complexity index is 878. The standard InChI is InChI=1S/C17H22N6OS/c1-5-25-16-20-15-19-11-6-17(2,3)7-12(24)13(11)14(23(15)21-16)10-8-18-22(4)9-10/h8-9,14H,5-7H2,1-4H3,(H,19,20,21). The van der Waals surface area contributed by atoms with Crippen LogP contribution in [0.3, 0.4) is 0 Å². The molecule has 0 saturated heterocycles. The highest BCUT2D eigenvalue weighted by atomic mass is 32.2. The van der Waals surface area contributed by atoms with Crippen molar-refractivity contribution in [1.29, 1.82) is 0 Å². The molecule has 8 heteroatoms. The number of Topliss-reactive ketones (excluding diaryl/α,β-unsaturated/α-hetero) is 1. The maximum atomic E-state index is 13.0. The van der Waals surface area contributed by atoms with E-state index in [-0.39, 0.29) is 17.2 Å². The van der Waals surface area contributed by atoms with Gasteiger partial charge in [0.25, 0.3) is 0 Å². The molecular formula is C17H22N6OS. The van der Waals surface area contributed by atoms with Crippen LogP contribution >= 0.6 is 11.8 Å². The van der Waals surface area contributed by atoms with Crippen LogP contribution in [0.1, 0.15) is 45.2 Å². The second-order valence-corrected chi connectivity index (χ2v) is 8.63. The van der Waals surface area contributed by atoms with E-state index in [0.29, 0.717) is 12.4 Å². The molecule has 2 aliphatic rings. The first-order valence-corrected chi connectivity index (χ1v) is 9.47. The number of anilines is 1. The summed E-state index contributed by atoms with van der Waals surface area (Å²) in [5.74, 6) is 1.78. The molecule has 0 bridgehead atoms. The number of carbonyl (C=O) groups is 1. The Morgan fingerprint density at radius 3 is 2.88 bits per heavy atom. The number of hydrogen-bond donors (Lipinski definition) is 1. The van der Waals surface area contributed by atoms with E-state index in [2.05, 4.69) is 41.3 Å². The number of hydrogen-bond acceptors (Lipinski definition) is 6. The lowest BCUT2D eigenvalue weighted by Gasteiger charge is -2.37. The van der Waals surface area contributed by atoms with Crippen molar-refractivity contribution in [2.45, 2.75) is 44.8 Å². The number of fused-ring (bicyclic) bond motifs is 1. The monoisotopic (exact) mass is 358 g/mol. The van der Waals surface area contributed by atoms with E-state index < -0.39 is 0 Å². The average Bonchev–Trinajstić information content (AvgIpc) is 3.10. The SMILES string of the molecule is CCSc1nc2n(n1)C(c1cnn(C)c1)C1=C(CC(C)(C)CC1=O)N2. The number of rotatable bonds is 3. The molecule has 0 saturated carbocycles. The first-order valence-electron chi connectivity index (χ1n) is 8.49. The van der Waals surface area contributed by atoms with Gasteiger partial charge in [0.2, 0.25) is 11.1 Å². The highest BCUT2D eigenvalue weighted by Crippen LogP contribution is 2.45. The highest BCUT2D eigenvalue weighted by Gasteiger charge is 2.42. The van der Waals surface area contributed by atoms with Gasteiger partial charge in [0.1, 0.15) is 6.04 Å². The molecule has 3 heterocycles. The van der Waals surface area contributed by atoms with Gasteiger partial charge in [-0.2, -0.15) is 10.1 Å². The van der Waals surface area contributed by atoms with Gasteiger partial charge in [0.15, 0.2) is 5.78 Å². The van der Waals surface area contributed by atoms with Gasteiger partial charge >= 0.3 is 0 Å². The Morgan fingerprint density at radius 1 is 1.40 bits per heavy atom. The largest absolute Gasteiger partial charge is 0.328 e. The molecule has 1 atom stereocenters. The van der Waals surface area contributed by atoms with E-state index >= 15 is 0 Å². The van der Waals surface area contributed by atoms with Gasteiger partial charge in [0, 0.05) is 36.5 Å². The highest BCUT2D eigenvalue weighted by molar-refractivity contribution is 7.99. The minimum absolute atomic E-state index is 0.0500. The van der Waals surface area contributed by atoms with Crippen LogP contribution in [0.25, 0.3) is 0 Å². The number of carbonyl (C=O) groups excluding carboxylic acids is 1. The van der Waals surface area contributed by atoms with Crippen LogP contribution in [0.4, 0.5) is 5.95 Å². The third-order valence-corrected chi connectivity index (χ3v) is 5.35. The quantitative estimate of drug-likeness (QED) is 0.850. The van der Waals surface area contributed by atoms with Crippen LogP contribution in [0.5, 0.6) is 0 Å². The summed E-state index contributed by atoms with van der Waals surface area (Å²) in [6, 6.07) is -0.262. The van der Waals surface area contributed by atoms with Crippen LogP contribution < -0.4 is 5.32 Å².